The van der Waals surface area contributed by atoms with E-state index in [-0.39, 0.29) is 30.9 Å². The number of allylic oxidation sites excluding steroid dienone is 1. The molecule has 12 atom stereocenters. The Labute approximate surface area is 546 Å². The summed E-state index contributed by atoms with van der Waals surface area (Å²) in [6, 6.07) is 4.01. The van der Waals surface area contributed by atoms with Crippen LogP contribution < -0.4 is 37.2 Å². The third kappa shape index (κ3) is 27.0. The number of esters is 1. The molecule has 13 N–H and O–H groups in total. The maximum absolute atomic E-state index is 14.0. The molecule has 1 aliphatic rings. The first-order valence-corrected chi connectivity index (χ1v) is 32.1. The molecule has 0 spiro atoms. The highest BCUT2D eigenvalue weighted by atomic mass is 16.5. The first kappa shape index (κ1) is 79.5. The zero-order valence-corrected chi connectivity index (χ0v) is 55.7. The number of benzene rings is 2. The zero-order valence-electron chi connectivity index (χ0n) is 55.7. The van der Waals surface area contributed by atoms with Crippen LogP contribution in [0.25, 0.3) is 0 Å². The first-order chi connectivity index (χ1) is 43.9. The molecule has 0 saturated heterocycles. The van der Waals surface area contributed by atoms with E-state index in [1.54, 1.807) is 73.6 Å². The summed E-state index contributed by atoms with van der Waals surface area (Å²) in [5.74, 6) is -9.59. The number of cyclic esters (lactones) is 1. The number of carbonyl (C=O) groups excluding carboxylic acids is 10. The van der Waals surface area contributed by atoms with Crippen molar-refractivity contribution in [3.63, 3.8) is 0 Å². The van der Waals surface area contributed by atoms with E-state index in [4.69, 9.17) is 4.74 Å². The Bertz CT molecular complexity index is 2800. The van der Waals surface area contributed by atoms with Gasteiger partial charge in [-0.25, -0.2) is 4.79 Å². The molecular weight excluding hydrogens is 1200 g/mol. The second-order valence-electron chi connectivity index (χ2n) is 25.2. The van der Waals surface area contributed by atoms with Gasteiger partial charge in [-0.15, -0.1) is 0 Å². The van der Waals surface area contributed by atoms with Crippen molar-refractivity contribution in [2.24, 2.45) is 23.7 Å². The van der Waals surface area contributed by atoms with Gasteiger partial charge >= 0.3 is 5.97 Å². The number of hydrogen-bond acceptors (Lipinski definition) is 17. The van der Waals surface area contributed by atoms with Crippen molar-refractivity contribution in [2.45, 2.75) is 206 Å². The average molecular weight is 1310 g/mol. The van der Waals surface area contributed by atoms with Crippen LogP contribution in [0.3, 0.4) is 0 Å². The van der Waals surface area contributed by atoms with E-state index in [1.165, 1.54) is 42.1 Å². The van der Waals surface area contributed by atoms with Gasteiger partial charge in [0.1, 0.15) is 42.6 Å². The van der Waals surface area contributed by atoms with E-state index in [1.807, 2.05) is 36.4 Å². The molecule has 93 heavy (non-hydrogen) atoms. The number of rotatable bonds is 36. The maximum Gasteiger partial charge on any atom is 0.329 e. The number of hydrogen-bond donors (Lipinski definition) is 13. The lowest BCUT2D eigenvalue weighted by atomic mass is 9.97. The van der Waals surface area contributed by atoms with Gasteiger partial charge in [-0.3, -0.25) is 43.2 Å². The van der Waals surface area contributed by atoms with Gasteiger partial charge in [0.15, 0.2) is 0 Å². The summed E-state index contributed by atoms with van der Waals surface area (Å²) in [7, 11) is 2.86. The molecule has 1 heterocycles. The number of aliphatic hydroxyl groups is 5. The van der Waals surface area contributed by atoms with E-state index in [9.17, 15) is 78.6 Å². The Morgan fingerprint density at radius 2 is 1.09 bits per heavy atom. The standard InChI is InChI=1S/C67H103N9O17/c1-12-13-14-15-16-17-21-24-54(83)69-47(31-43-22-19-18-20-23-43)51(80)33-55(84)73-60(40(4)5)64(89)70-49(37-78)53(82)35-57(86)74-61(41(6)7)65(90)71-48(36-77)52(81)34-56(85)72-59(39(2)3)63(88)68-45-27-30-58(87)76(11)62(42(8)9)66(91)75(10)50(67(92)93-38-45)32-44-25-28-46(79)29-26-44/h17-23,25-30,39-42,45,47-53,59-62,77-82H,12-16,24,31-38H2,1-11H3,(H,68,88)(H,69,83)(H,70,89)(H,71,90)(H,72,85)(H,73,84)(H,74,86)/b21-17-,30-27?/t45-,47+,48+,49+,50+,51+,52+,53+,59+,60+,61+,62+/m1/s1. The van der Waals surface area contributed by atoms with Crippen molar-refractivity contribution in [1.29, 1.82) is 0 Å². The second-order valence-corrected chi connectivity index (χ2v) is 25.2. The van der Waals surface area contributed by atoms with Gasteiger partial charge < -0.3 is 82.4 Å². The summed E-state index contributed by atoms with van der Waals surface area (Å²) in [5.41, 5.74) is 1.39. The molecule has 0 saturated carbocycles. The number of aromatic hydroxyl groups is 1. The molecule has 0 radical (unpaired) electrons. The Kier molecular flexibility index (Phi) is 34.5. The van der Waals surface area contributed by atoms with Crippen LogP contribution in [0.5, 0.6) is 5.75 Å². The van der Waals surface area contributed by atoms with Gasteiger partial charge in [-0.2, -0.15) is 0 Å². The fraction of sp³-hybridized carbons (Fsp3) is 0.612. The fourth-order valence-corrected chi connectivity index (χ4v) is 10.4. The minimum absolute atomic E-state index is 0.0137. The molecule has 0 unspecified atom stereocenters. The summed E-state index contributed by atoms with van der Waals surface area (Å²) in [6.07, 6.45) is 4.67. The van der Waals surface area contributed by atoms with Crippen LogP contribution in [-0.4, -0.2) is 206 Å². The van der Waals surface area contributed by atoms with Gasteiger partial charge in [0.2, 0.25) is 53.2 Å². The summed E-state index contributed by atoms with van der Waals surface area (Å²) in [5, 5.41) is 82.3. The molecule has 2 aromatic rings. The molecule has 26 nitrogen and oxygen atoms in total. The van der Waals surface area contributed by atoms with Crippen molar-refractivity contribution in [3.05, 3.63) is 90.0 Å². The van der Waals surface area contributed by atoms with Crippen molar-refractivity contribution in [2.75, 3.05) is 33.9 Å². The SMILES string of the molecule is CCCCCC/C=C\CC(=O)N[C@@H](Cc1ccccc1)[C@@H](O)CC(=O)N[C@H](C(=O)N[C@@H](CO)[C@@H](O)CC(=O)N[C@H](C(=O)N[C@@H](CO)[C@@H](O)CC(=O)N[C@H](C(=O)N[C@@H]1C=CC(=O)N(C)[C@@H](C(C)C)C(=O)N(C)[C@@H](Cc2ccc(O)cc2)C(=O)OC1)C(C)C)C(C)C)C(C)C. The van der Waals surface area contributed by atoms with Crippen molar-refractivity contribution in [3.8, 4) is 5.75 Å². The number of ether oxygens (including phenoxy) is 1. The van der Waals surface area contributed by atoms with Gasteiger partial charge in [0, 0.05) is 33.0 Å². The van der Waals surface area contributed by atoms with Crippen molar-refractivity contribution >= 4 is 59.1 Å². The normalized spacial score (nSPS) is 18.7. The molecular formula is C67H103N9O17. The molecule has 9 amide bonds. The molecule has 518 valence electrons. The minimum atomic E-state index is -1.77. The lowest BCUT2D eigenvalue weighted by Crippen LogP contribution is -2.58. The lowest BCUT2D eigenvalue weighted by molar-refractivity contribution is -0.157. The van der Waals surface area contributed by atoms with Crippen LogP contribution in [-0.2, 0) is 65.5 Å². The third-order valence-electron chi connectivity index (χ3n) is 16.1. The monoisotopic (exact) mass is 1310 g/mol. The number of nitrogens with one attached hydrogen (secondary N) is 7. The van der Waals surface area contributed by atoms with E-state index < -0.39 is 189 Å². The van der Waals surface area contributed by atoms with Gasteiger partial charge in [-0.05, 0) is 66.2 Å². The predicted octanol–water partition coefficient (Wildman–Crippen LogP) is 1.12. The molecule has 2 aromatic carbocycles. The van der Waals surface area contributed by atoms with Crippen LogP contribution in [0, 0.1) is 23.7 Å². The Balaban J connectivity index is 1.65. The Morgan fingerprint density at radius 3 is 1.56 bits per heavy atom. The topological polar surface area (TPSA) is 392 Å². The predicted molar refractivity (Wildman–Crippen MR) is 347 cm³/mol. The van der Waals surface area contributed by atoms with Gasteiger partial charge in [0.05, 0.1) is 75.0 Å². The number of unbranched alkanes of at least 4 members (excludes halogenated alkanes) is 4. The number of phenols is 1. The minimum Gasteiger partial charge on any atom is -0.508 e. The summed E-state index contributed by atoms with van der Waals surface area (Å²) < 4.78 is 5.69. The molecule has 3 rings (SSSR count). The smallest absolute Gasteiger partial charge is 0.329 e. The molecule has 0 fully saturated rings. The molecule has 0 aliphatic carbocycles. The zero-order chi connectivity index (χ0) is 69.6. The van der Waals surface area contributed by atoms with Crippen LogP contribution >= 0.6 is 0 Å². The highest BCUT2D eigenvalue weighted by molar-refractivity contribution is 5.95. The lowest BCUT2D eigenvalue weighted by Gasteiger charge is -2.36. The summed E-state index contributed by atoms with van der Waals surface area (Å²) in [6.45, 7) is 13.0. The van der Waals surface area contributed by atoms with E-state index >= 15 is 0 Å². The number of phenolic OH excluding ortho intramolecular Hbond substituents is 1. The summed E-state index contributed by atoms with van der Waals surface area (Å²) in [4.78, 5) is 139. The highest BCUT2D eigenvalue weighted by Crippen LogP contribution is 2.21. The average Bonchev–Trinajstić information content (AvgIpc) is 0.997. The van der Waals surface area contributed by atoms with E-state index in [0.29, 0.717) is 5.56 Å². The second kappa shape index (κ2) is 40.4. The van der Waals surface area contributed by atoms with Crippen LogP contribution in [0.1, 0.15) is 131 Å². The molecule has 26 heteroatoms. The number of nitrogens with zero attached hydrogens (tertiary/aromatic N) is 2. The number of aliphatic hydroxyl groups excluding tert-OH is 5. The number of amides is 9. The quantitative estimate of drug-likeness (QED) is 0.0258. The summed E-state index contributed by atoms with van der Waals surface area (Å²) >= 11 is 0. The van der Waals surface area contributed by atoms with Crippen molar-refractivity contribution in [1.82, 2.24) is 47.0 Å². The largest absolute Gasteiger partial charge is 0.508 e. The first-order valence-electron chi connectivity index (χ1n) is 32.1. The van der Waals surface area contributed by atoms with Gasteiger partial charge in [-0.1, -0.05) is 142 Å². The van der Waals surface area contributed by atoms with Crippen LogP contribution in [0.4, 0.5) is 0 Å². The fourth-order valence-electron chi connectivity index (χ4n) is 10.4. The number of carbonyl (C=O) groups is 10. The van der Waals surface area contributed by atoms with Gasteiger partial charge in [0.25, 0.3) is 0 Å². The van der Waals surface area contributed by atoms with Crippen LogP contribution in [0.2, 0.25) is 0 Å². The van der Waals surface area contributed by atoms with E-state index in [0.717, 1.165) is 43.7 Å². The third-order valence-corrected chi connectivity index (χ3v) is 16.1. The van der Waals surface area contributed by atoms with Crippen molar-refractivity contribution < 1.29 is 83.3 Å². The van der Waals surface area contributed by atoms with E-state index in [2.05, 4.69) is 44.1 Å². The maximum atomic E-state index is 14.0. The van der Waals surface area contributed by atoms with Crippen LogP contribution in [0.15, 0.2) is 78.9 Å². The molecule has 0 aromatic heterocycles. The highest BCUT2D eigenvalue weighted by Gasteiger charge is 2.39. The Morgan fingerprint density at radius 1 is 0.591 bits per heavy atom. The number of likely N-dealkylation sites (N-methyl/N-ethyl adjacent to an activating group) is 2. The molecule has 1 aliphatic heterocycles. The Hall–Kier alpha value is -7.78. The molecule has 0 bridgehead atoms.